The van der Waals surface area contributed by atoms with E-state index < -0.39 is 0 Å². The molecule has 0 radical (unpaired) electrons. The van der Waals surface area contributed by atoms with Crippen molar-refractivity contribution in [1.82, 2.24) is 5.32 Å². The van der Waals surface area contributed by atoms with Gasteiger partial charge >= 0.3 is 0 Å². The standard InChI is InChI=1S/C22H19ClFN3O2/c23-18-6-2-4-8-20(18)27-21(28)14-25-17-11-9-15(10-12-17)22(29)26-13-16-5-1-3-7-19(16)24/h1-12,25H,13-14H2,(H,26,29)(H,27,28). The van der Waals surface area contributed by atoms with Crippen molar-refractivity contribution in [3.63, 3.8) is 0 Å². The van der Waals surface area contributed by atoms with Gasteiger partial charge in [0.1, 0.15) is 5.82 Å². The summed E-state index contributed by atoms with van der Waals surface area (Å²) in [6.07, 6.45) is 0. The van der Waals surface area contributed by atoms with Crippen LogP contribution in [0, 0.1) is 5.82 Å². The molecule has 0 aromatic heterocycles. The number of halogens is 2. The molecule has 148 valence electrons. The summed E-state index contributed by atoms with van der Waals surface area (Å²) in [5, 5.41) is 8.84. The highest BCUT2D eigenvalue weighted by molar-refractivity contribution is 6.33. The zero-order valence-electron chi connectivity index (χ0n) is 15.4. The molecule has 0 spiro atoms. The van der Waals surface area contributed by atoms with Gasteiger partial charge in [-0.05, 0) is 42.5 Å². The van der Waals surface area contributed by atoms with Gasteiger partial charge in [-0.15, -0.1) is 0 Å². The summed E-state index contributed by atoms with van der Waals surface area (Å²) in [5.41, 5.74) is 2.09. The average molecular weight is 412 g/mol. The highest BCUT2D eigenvalue weighted by Gasteiger charge is 2.08. The van der Waals surface area contributed by atoms with Gasteiger partial charge in [0, 0.05) is 23.4 Å². The van der Waals surface area contributed by atoms with Crippen LogP contribution in [0.4, 0.5) is 15.8 Å². The number of hydrogen-bond donors (Lipinski definition) is 3. The number of anilines is 2. The molecule has 0 saturated carbocycles. The second-order valence-electron chi connectivity index (χ2n) is 6.23. The molecule has 0 aliphatic rings. The van der Waals surface area contributed by atoms with Crippen molar-refractivity contribution >= 4 is 34.8 Å². The van der Waals surface area contributed by atoms with Crippen LogP contribution in [-0.4, -0.2) is 18.4 Å². The Kier molecular flexibility index (Phi) is 6.81. The van der Waals surface area contributed by atoms with Gasteiger partial charge in [-0.1, -0.05) is 41.9 Å². The summed E-state index contributed by atoms with van der Waals surface area (Å²) in [6.45, 7) is 0.151. The second-order valence-corrected chi connectivity index (χ2v) is 6.64. The Labute approximate surface area is 172 Å². The third kappa shape index (κ3) is 5.80. The number of nitrogens with one attached hydrogen (secondary N) is 3. The maximum absolute atomic E-state index is 13.6. The molecule has 7 heteroatoms. The van der Waals surface area contributed by atoms with Crippen LogP contribution in [0.5, 0.6) is 0 Å². The lowest BCUT2D eigenvalue weighted by Gasteiger charge is -2.10. The summed E-state index contributed by atoms with van der Waals surface area (Å²) in [4.78, 5) is 24.2. The van der Waals surface area contributed by atoms with E-state index in [1.807, 2.05) is 0 Å². The molecule has 0 unspecified atom stereocenters. The van der Waals surface area contributed by atoms with Crippen molar-refractivity contribution < 1.29 is 14.0 Å². The molecular weight excluding hydrogens is 393 g/mol. The fourth-order valence-corrected chi connectivity index (χ4v) is 2.78. The van der Waals surface area contributed by atoms with Crippen LogP contribution in [0.15, 0.2) is 72.8 Å². The molecule has 0 saturated heterocycles. The van der Waals surface area contributed by atoms with Gasteiger partial charge in [-0.25, -0.2) is 4.39 Å². The largest absolute Gasteiger partial charge is 0.376 e. The molecular formula is C22H19ClFN3O2. The maximum Gasteiger partial charge on any atom is 0.251 e. The molecule has 2 amide bonds. The van der Waals surface area contributed by atoms with Gasteiger partial charge in [0.25, 0.3) is 5.91 Å². The topological polar surface area (TPSA) is 70.2 Å². The van der Waals surface area contributed by atoms with E-state index in [2.05, 4.69) is 16.0 Å². The zero-order chi connectivity index (χ0) is 20.6. The van der Waals surface area contributed by atoms with Gasteiger partial charge in [0.2, 0.25) is 5.91 Å². The molecule has 5 nitrogen and oxygen atoms in total. The van der Waals surface area contributed by atoms with Crippen molar-refractivity contribution in [2.24, 2.45) is 0 Å². The lowest BCUT2D eigenvalue weighted by atomic mass is 10.1. The number of carbonyl (C=O) groups is 2. The highest BCUT2D eigenvalue weighted by atomic mass is 35.5. The Morgan fingerprint density at radius 3 is 2.31 bits per heavy atom. The fraction of sp³-hybridized carbons (Fsp3) is 0.0909. The lowest BCUT2D eigenvalue weighted by Crippen LogP contribution is -2.23. The second kappa shape index (κ2) is 9.71. The van der Waals surface area contributed by atoms with Crippen molar-refractivity contribution in [2.75, 3.05) is 17.2 Å². The van der Waals surface area contributed by atoms with Gasteiger partial charge in [0.15, 0.2) is 0 Å². The molecule has 3 N–H and O–H groups in total. The Morgan fingerprint density at radius 1 is 0.897 bits per heavy atom. The minimum atomic E-state index is -0.359. The lowest BCUT2D eigenvalue weighted by molar-refractivity contribution is -0.114. The van der Waals surface area contributed by atoms with E-state index >= 15 is 0 Å². The molecule has 3 aromatic carbocycles. The smallest absolute Gasteiger partial charge is 0.251 e. The third-order valence-electron chi connectivity index (χ3n) is 4.15. The molecule has 0 aliphatic carbocycles. The van der Waals surface area contributed by atoms with Crippen molar-refractivity contribution in [2.45, 2.75) is 6.54 Å². The Hall–Kier alpha value is -3.38. The first-order chi connectivity index (χ1) is 14.0. The molecule has 0 heterocycles. The number of carbonyl (C=O) groups excluding carboxylic acids is 2. The maximum atomic E-state index is 13.6. The van der Waals surface area contributed by atoms with Gasteiger partial charge in [-0.2, -0.15) is 0 Å². The normalized spacial score (nSPS) is 10.3. The highest BCUT2D eigenvalue weighted by Crippen LogP contribution is 2.20. The Balaban J connectivity index is 1.49. The van der Waals surface area contributed by atoms with E-state index in [9.17, 15) is 14.0 Å². The first kappa shape index (κ1) is 20.4. The number of benzene rings is 3. The average Bonchev–Trinajstić information content (AvgIpc) is 2.73. The van der Waals surface area contributed by atoms with E-state index in [1.165, 1.54) is 6.07 Å². The molecule has 0 bridgehead atoms. The molecule has 0 fully saturated rings. The molecule has 3 rings (SSSR count). The summed E-state index contributed by atoms with van der Waals surface area (Å²) < 4.78 is 13.6. The summed E-state index contributed by atoms with van der Waals surface area (Å²) in [7, 11) is 0. The van der Waals surface area contributed by atoms with Crippen LogP contribution in [-0.2, 0) is 11.3 Å². The number of rotatable bonds is 7. The van der Waals surface area contributed by atoms with E-state index in [0.29, 0.717) is 27.5 Å². The van der Waals surface area contributed by atoms with E-state index in [0.717, 1.165) is 0 Å². The van der Waals surface area contributed by atoms with Gasteiger partial charge in [-0.3, -0.25) is 9.59 Å². The predicted molar refractivity (Wildman–Crippen MR) is 113 cm³/mol. The number of hydrogen-bond acceptors (Lipinski definition) is 3. The first-order valence-corrected chi connectivity index (χ1v) is 9.30. The van der Waals surface area contributed by atoms with Gasteiger partial charge < -0.3 is 16.0 Å². The van der Waals surface area contributed by atoms with Crippen LogP contribution in [0.1, 0.15) is 15.9 Å². The molecule has 0 aliphatic heterocycles. The third-order valence-corrected chi connectivity index (χ3v) is 4.47. The summed E-state index contributed by atoms with van der Waals surface area (Å²) >= 11 is 6.01. The van der Waals surface area contributed by atoms with Gasteiger partial charge in [0.05, 0.1) is 17.3 Å². The summed E-state index contributed by atoms with van der Waals surface area (Å²) in [5.74, 6) is -0.913. The monoisotopic (exact) mass is 411 g/mol. The van der Waals surface area contributed by atoms with Crippen molar-refractivity contribution in [1.29, 1.82) is 0 Å². The van der Waals surface area contributed by atoms with Crippen LogP contribution in [0.2, 0.25) is 5.02 Å². The molecule has 3 aromatic rings. The predicted octanol–water partition coefficient (Wildman–Crippen LogP) is 4.46. The minimum absolute atomic E-state index is 0.0457. The van der Waals surface area contributed by atoms with Crippen molar-refractivity contribution in [3.8, 4) is 0 Å². The number of amides is 2. The Morgan fingerprint density at radius 2 is 1.59 bits per heavy atom. The van der Waals surface area contributed by atoms with Crippen molar-refractivity contribution in [3.05, 3.63) is 94.8 Å². The van der Waals surface area contributed by atoms with Crippen LogP contribution in [0.3, 0.4) is 0 Å². The van der Waals surface area contributed by atoms with E-state index in [1.54, 1.807) is 66.7 Å². The van der Waals surface area contributed by atoms with Crippen LogP contribution in [0.25, 0.3) is 0 Å². The molecule has 0 atom stereocenters. The Bertz CT molecular complexity index is 1010. The summed E-state index contributed by atoms with van der Waals surface area (Å²) in [6, 6.07) is 19.9. The SMILES string of the molecule is O=C(CNc1ccc(C(=O)NCc2ccccc2F)cc1)Nc1ccccc1Cl. The van der Waals surface area contributed by atoms with Crippen LogP contribution < -0.4 is 16.0 Å². The number of para-hydroxylation sites is 1. The quantitative estimate of drug-likeness (QED) is 0.537. The zero-order valence-corrected chi connectivity index (χ0v) is 16.2. The van der Waals surface area contributed by atoms with E-state index in [-0.39, 0.29) is 30.7 Å². The van der Waals surface area contributed by atoms with E-state index in [4.69, 9.17) is 11.6 Å². The minimum Gasteiger partial charge on any atom is -0.376 e. The first-order valence-electron chi connectivity index (χ1n) is 8.93. The van der Waals surface area contributed by atoms with Crippen LogP contribution >= 0.6 is 11.6 Å². The molecule has 29 heavy (non-hydrogen) atoms. The fourth-order valence-electron chi connectivity index (χ4n) is 2.60.